The number of nitrogens with one attached hydrogen (secondary N) is 1. The third-order valence-electron chi connectivity index (χ3n) is 3.51. The van der Waals surface area contributed by atoms with E-state index in [1.54, 1.807) is 0 Å². The molecule has 106 valence electrons. The second-order valence-electron chi connectivity index (χ2n) is 5.11. The van der Waals surface area contributed by atoms with Crippen molar-refractivity contribution in [2.24, 2.45) is 0 Å². The van der Waals surface area contributed by atoms with Gasteiger partial charge in [-0.2, -0.15) is 0 Å². The number of benzene rings is 1. The molecule has 3 heteroatoms. The molecule has 2 rings (SSSR count). The Morgan fingerprint density at radius 2 is 1.75 bits per heavy atom. The van der Waals surface area contributed by atoms with Gasteiger partial charge in [0.1, 0.15) is 11.6 Å². The van der Waals surface area contributed by atoms with Crippen molar-refractivity contribution >= 4 is 5.82 Å². The van der Waals surface area contributed by atoms with Gasteiger partial charge in [0.25, 0.3) is 0 Å². The molecule has 0 spiro atoms. The minimum absolute atomic E-state index is 0.236. The van der Waals surface area contributed by atoms with Crippen LogP contribution in [-0.2, 0) is 12.8 Å². The second kappa shape index (κ2) is 6.51. The minimum Gasteiger partial charge on any atom is -0.363 e. The number of hydrogen-bond donors (Lipinski definition) is 1. The van der Waals surface area contributed by atoms with E-state index in [0.29, 0.717) is 0 Å². The summed E-state index contributed by atoms with van der Waals surface area (Å²) >= 11 is 0. The lowest BCUT2D eigenvalue weighted by Crippen LogP contribution is -2.09. The Hall–Kier alpha value is -1.90. The number of aryl methyl sites for hydroxylation is 3. The molecule has 0 amide bonds. The van der Waals surface area contributed by atoms with Gasteiger partial charge in [0.05, 0.1) is 0 Å². The highest BCUT2D eigenvalue weighted by Crippen LogP contribution is 2.19. The summed E-state index contributed by atoms with van der Waals surface area (Å²) < 4.78 is 0. The molecule has 1 atom stereocenters. The zero-order chi connectivity index (χ0) is 14.5. The summed E-state index contributed by atoms with van der Waals surface area (Å²) in [5.74, 6) is 1.72. The highest BCUT2D eigenvalue weighted by atomic mass is 15.0. The van der Waals surface area contributed by atoms with Crippen molar-refractivity contribution in [3.63, 3.8) is 0 Å². The van der Waals surface area contributed by atoms with Crippen molar-refractivity contribution in [2.45, 2.75) is 46.6 Å². The van der Waals surface area contributed by atoms with Crippen LogP contribution in [0.15, 0.2) is 30.3 Å². The lowest BCUT2D eigenvalue weighted by Gasteiger charge is -2.16. The zero-order valence-corrected chi connectivity index (χ0v) is 12.8. The summed E-state index contributed by atoms with van der Waals surface area (Å²) in [5, 5.41) is 3.46. The molecule has 1 aromatic carbocycles. The van der Waals surface area contributed by atoms with Crippen molar-refractivity contribution in [2.75, 3.05) is 5.32 Å². The second-order valence-corrected chi connectivity index (χ2v) is 5.11. The van der Waals surface area contributed by atoms with Gasteiger partial charge in [-0.25, -0.2) is 9.97 Å². The zero-order valence-electron chi connectivity index (χ0n) is 12.8. The Morgan fingerprint density at radius 1 is 1.05 bits per heavy atom. The maximum atomic E-state index is 4.46. The van der Waals surface area contributed by atoms with E-state index in [-0.39, 0.29) is 6.04 Å². The quantitative estimate of drug-likeness (QED) is 0.888. The van der Waals surface area contributed by atoms with Crippen molar-refractivity contribution in [3.05, 3.63) is 53.0 Å². The van der Waals surface area contributed by atoms with Crippen LogP contribution in [0.4, 0.5) is 5.82 Å². The molecule has 3 nitrogen and oxygen atoms in total. The van der Waals surface area contributed by atoms with Crippen LogP contribution < -0.4 is 5.32 Å². The Kier molecular flexibility index (Phi) is 4.72. The van der Waals surface area contributed by atoms with Crippen LogP contribution in [0.1, 0.15) is 49.5 Å². The van der Waals surface area contributed by atoms with Crippen LogP contribution in [0.25, 0.3) is 0 Å². The molecule has 0 aliphatic carbocycles. The summed E-state index contributed by atoms with van der Waals surface area (Å²) in [7, 11) is 0. The van der Waals surface area contributed by atoms with Gasteiger partial charge in [-0.15, -0.1) is 0 Å². The van der Waals surface area contributed by atoms with Gasteiger partial charge in [-0.3, -0.25) is 0 Å². The van der Waals surface area contributed by atoms with Gasteiger partial charge in [-0.05, 0) is 37.8 Å². The molecule has 0 bridgehead atoms. The fourth-order valence-corrected chi connectivity index (χ4v) is 2.23. The van der Waals surface area contributed by atoms with E-state index >= 15 is 0 Å². The predicted octanol–water partition coefficient (Wildman–Crippen LogP) is 4.08. The molecular weight excluding hydrogens is 246 g/mol. The third-order valence-corrected chi connectivity index (χ3v) is 3.51. The first-order valence-corrected chi connectivity index (χ1v) is 7.32. The lowest BCUT2D eigenvalue weighted by atomic mass is 10.1. The predicted molar refractivity (Wildman–Crippen MR) is 84.0 cm³/mol. The number of hydrogen-bond acceptors (Lipinski definition) is 3. The first-order chi connectivity index (χ1) is 9.62. The molecule has 0 fully saturated rings. The molecule has 1 aromatic heterocycles. The molecular formula is C17H23N3. The number of aromatic nitrogens is 2. The van der Waals surface area contributed by atoms with Gasteiger partial charge in [0.2, 0.25) is 0 Å². The first-order valence-electron chi connectivity index (χ1n) is 7.32. The normalized spacial score (nSPS) is 12.2. The van der Waals surface area contributed by atoms with E-state index in [1.807, 2.05) is 13.0 Å². The van der Waals surface area contributed by atoms with Crippen LogP contribution in [0.5, 0.6) is 0 Å². The number of nitrogens with zero attached hydrogens (tertiary/aromatic N) is 2. The standard InChI is InChI=1S/C17H23N3/c1-5-14-7-9-15(10-8-14)12(3)18-17-11-16(6-2)19-13(4)20-17/h7-12H,5-6H2,1-4H3,(H,18,19,20). The molecule has 0 radical (unpaired) electrons. The summed E-state index contributed by atoms with van der Waals surface area (Å²) in [4.78, 5) is 8.86. The molecule has 1 unspecified atom stereocenters. The largest absolute Gasteiger partial charge is 0.363 e. The Morgan fingerprint density at radius 3 is 2.35 bits per heavy atom. The average Bonchev–Trinajstić information content (AvgIpc) is 2.46. The van der Waals surface area contributed by atoms with Crippen LogP contribution in [0.2, 0.25) is 0 Å². The Labute approximate surface area is 121 Å². The number of anilines is 1. The van der Waals surface area contributed by atoms with Gasteiger partial charge < -0.3 is 5.32 Å². The van der Waals surface area contributed by atoms with E-state index in [9.17, 15) is 0 Å². The van der Waals surface area contributed by atoms with Crippen molar-refractivity contribution in [1.29, 1.82) is 0 Å². The fourth-order valence-electron chi connectivity index (χ4n) is 2.23. The molecule has 2 aromatic rings. The van der Waals surface area contributed by atoms with Crippen molar-refractivity contribution < 1.29 is 0 Å². The molecule has 0 aliphatic rings. The summed E-state index contributed by atoms with van der Waals surface area (Å²) in [6, 6.07) is 11.0. The van der Waals surface area contributed by atoms with E-state index in [0.717, 1.165) is 30.2 Å². The van der Waals surface area contributed by atoms with Gasteiger partial charge in [0, 0.05) is 17.8 Å². The summed E-state index contributed by atoms with van der Waals surface area (Å²) in [5.41, 5.74) is 3.72. The SMILES string of the molecule is CCc1ccc(C(C)Nc2cc(CC)nc(C)n2)cc1. The topological polar surface area (TPSA) is 37.8 Å². The Balaban J connectivity index is 2.13. The van der Waals surface area contributed by atoms with Crippen LogP contribution in [-0.4, -0.2) is 9.97 Å². The van der Waals surface area contributed by atoms with Crippen molar-refractivity contribution in [1.82, 2.24) is 9.97 Å². The number of rotatable bonds is 5. The van der Waals surface area contributed by atoms with Gasteiger partial charge in [-0.1, -0.05) is 38.1 Å². The highest BCUT2D eigenvalue weighted by molar-refractivity contribution is 5.40. The molecule has 0 aliphatic heterocycles. The molecule has 0 saturated carbocycles. The van der Waals surface area contributed by atoms with Gasteiger partial charge >= 0.3 is 0 Å². The van der Waals surface area contributed by atoms with Gasteiger partial charge in [0.15, 0.2) is 0 Å². The molecule has 20 heavy (non-hydrogen) atoms. The average molecular weight is 269 g/mol. The smallest absolute Gasteiger partial charge is 0.130 e. The third kappa shape index (κ3) is 3.56. The van der Waals surface area contributed by atoms with Crippen molar-refractivity contribution in [3.8, 4) is 0 Å². The Bertz CT molecular complexity index is 561. The van der Waals surface area contributed by atoms with Crippen LogP contribution in [0, 0.1) is 6.92 Å². The summed E-state index contributed by atoms with van der Waals surface area (Å²) in [6.07, 6.45) is 2.00. The maximum absolute atomic E-state index is 4.46. The highest BCUT2D eigenvalue weighted by Gasteiger charge is 2.07. The fraction of sp³-hybridized carbons (Fsp3) is 0.412. The van der Waals surface area contributed by atoms with E-state index in [1.165, 1.54) is 11.1 Å². The van der Waals surface area contributed by atoms with E-state index in [4.69, 9.17) is 0 Å². The lowest BCUT2D eigenvalue weighted by molar-refractivity contribution is 0.857. The minimum atomic E-state index is 0.236. The summed E-state index contributed by atoms with van der Waals surface area (Å²) in [6.45, 7) is 8.38. The monoisotopic (exact) mass is 269 g/mol. The molecule has 1 heterocycles. The first kappa shape index (κ1) is 14.5. The van der Waals surface area contributed by atoms with E-state index in [2.05, 4.69) is 60.3 Å². The van der Waals surface area contributed by atoms with Crippen LogP contribution in [0.3, 0.4) is 0 Å². The molecule has 1 N–H and O–H groups in total. The van der Waals surface area contributed by atoms with E-state index < -0.39 is 0 Å². The van der Waals surface area contributed by atoms with Crippen LogP contribution >= 0.6 is 0 Å². The molecule has 0 saturated heterocycles. The maximum Gasteiger partial charge on any atom is 0.130 e.